The van der Waals surface area contributed by atoms with Gasteiger partial charge in [0.1, 0.15) is 5.82 Å². The Balaban J connectivity index is 1.92. The van der Waals surface area contributed by atoms with Gasteiger partial charge in [-0.3, -0.25) is 4.79 Å². The van der Waals surface area contributed by atoms with E-state index in [9.17, 15) is 17.6 Å². The Hall–Kier alpha value is -1.73. The fourth-order valence-corrected chi connectivity index (χ4v) is 5.59. The molecule has 2 aliphatic heterocycles. The van der Waals surface area contributed by atoms with Crippen LogP contribution in [0, 0.1) is 5.82 Å². The van der Waals surface area contributed by atoms with Gasteiger partial charge in [-0.15, -0.1) is 6.58 Å². The van der Waals surface area contributed by atoms with Gasteiger partial charge in [-0.05, 0) is 43.9 Å². The molecule has 5 nitrogen and oxygen atoms in total. The largest absolute Gasteiger partial charge is 0.332 e. The van der Waals surface area contributed by atoms with Gasteiger partial charge in [0.05, 0.1) is 10.4 Å². The highest BCUT2D eigenvalue weighted by Gasteiger charge is 2.47. The molecule has 2 saturated heterocycles. The van der Waals surface area contributed by atoms with Crippen molar-refractivity contribution in [3.8, 4) is 0 Å². The molecule has 0 aliphatic carbocycles. The van der Waals surface area contributed by atoms with Crippen LogP contribution in [0.25, 0.3) is 0 Å². The lowest BCUT2D eigenvalue weighted by atomic mass is 9.80. The Morgan fingerprint density at radius 2 is 2.04 bits per heavy atom. The molecule has 7 heteroatoms. The van der Waals surface area contributed by atoms with E-state index in [-0.39, 0.29) is 17.3 Å². The summed E-state index contributed by atoms with van der Waals surface area (Å²) in [5.74, 6) is -0.523. The summed E-state index contributed by atoms with van der Waals surface area (Å²) >= 11 is 0. The Kier molecular flexibility index (Phi) is 4.97. The van der Waals surface area contributed by atoms with Gasteiger partial charge in [0.2, 0.25) is 15.9 Å². The summed E-state index contributed by atoms with van der Waals surface area (Å²) in [6, 6.07) is 5.08. The number of benzene rings is 1. The number of hydrogen-bond donors (Lipinski definition) is 0. The highest BCUT2D eigenvalue weighted by Crippen LogP contribution is 2.38. The van der Waals surface area contributed by atoms with Crippen LogP contribution in [-0.2, 0) is 14.8 Å². The normalized spacial score (nSPS) is 25.3. The van der Waals surface area contributed by atoms with Crippen LogP contribution in [0.4, 0.5) is 4.39 Å². The van der Waals surface area contributed by atoms with Gasteiger partial charge in [-0.2, -0.15) is 4.31 Å². The summed E-state index contributed by atoms with van der Waals surface area (Å²) in [5, 5.41) is 0. The number of likely N-dealkylation sites (tertiary alicyclic amines) is 1. The topological polar surface area (TPSA) is 57.7 Å². The van der Waals surface area contributed by atoms with E-state index in [1.807, 2.05) is 0 Å². The number of sulfonamides is 1. The van der Waals surface area contributed by atoms with Gasteiger partial charge in [-0.25, -0.2) is 12.8 Å². The van der Waals surface area contributed by atoms with Crippen LogP contribution in [-0.4, -0.2) is 48.7 Å². The Bertz CT molecular complexity index is 776. The molecule has 0 radical (unpaired) electrons. The summed E-state index contributed by atoms with van der Waals surface area (Å²) in [5.41, 5.74) is -0.484. The van der Waals surface area contributed by atoms with Crippen molar-refractivity contribution in [1.82, 2.24) is 9.21 Å². The zero-order valence-electron chi connectivity index (χ0n) is 14.2. The average molecular weight is 366 g/mol. The Morgan fingerprint density at radius 3 is 2.76 bits per heavy atom. The number of halogens is 1. The van der Waals surface area contributed by atoms with E-state index in [1.165, 1.54) is 22.5 Å². The molecule has 1 unspecified atom stereocenters. The molecule has 2 aliphatic rings. The number of hydrogen-bond acceptors (Lipinski definition) is 3. The number of nitrogens with zero attached hydrogens (tertiary/aromatic N) is 2. The van der Waals surface area contributed by atoms with Crippen LogP contribution in [0.3, 0.4) is 0 Å². The molecular weight excluding hydrogens is 343 g/mol. The van der Waals surface area contributed by atoms with Gasteiger partial charge in [-0.1, -0.05) is 12.1 Å². The maximum absolute atomic E-state index is 13.5. The molecule has 0 bridgehead atoms. The minimum Gasteiger partial charge on any atom is -0.332 e. The summed E-state index contributed by atoms with van der Waals surface area (Å²) in [6.45, 7) is 4.79. The van der Waals surface area contributed by atoms with Crippen molar-refractivity contribution >= 4 is 15.9 Å². The Labute approximate surface area is 148 Å². The Morgan fingerprint density at radius 1 is 1.28 bits per heavy atom. The van der Waals surface area contributed by atoms with Gasteiger partial charge >= 0.3 is 0 Å². The summed E-state index contributed by atoms with van der Waals surface area (Å²) in [7, 11) is -3.79. The molecule has 2 fully saturated rings. The fourth-order valence-electron chi connectivity index (χ4n) is 4.00. The second-order valence-electron chi connectivity index (χ2n) is 6.77. The number of carbonyl (C=O) groups excluding carboxylic acids is 1. The minimum absolute atomic E-state index is 0.0399. The molecule has 1 aromatic carbocycles. The van der Waals surface area contributed by atoms with Crippen LogP contribution in [0.2, 0.25) is 0 Å². The number of piperidine rings is 2. The molecule has 1 aromatic rings. The maximum atomic E-state index is 13.5. The zero-order valence-corrected chi connectivity index (χ0v) is 15.0. The molecule has 25 heavy (non-hydrogen) atoms. The molecule has 2 heterocycles. The third kappa shape index (κ3) is 3.35. The van der Waals surface area contributed by atoms with Gasteiger partial charge in [0.15, 0.2) is 0 Å². The second kappa shape index (κ2) is 6.88. The summed E-state index contributed by atoms with van der Waals surface area (Å²) < 4.78 is 40.8. The predicted molar refractivity (Wildman–Crippen MR) is 92.9 cm³/mol. The van der Waals surface area contributed by atoms with Crippen LogP contribution in [0.1, 0.15) is 32.1 Å². The van der Waals surface area contributed by atoms with E-state index < -0.39 is 21.4 Å². The van der Waals surface area contributed by atoms with Crippen LogP contribution >= 0.6 is 0 Å². The monoisotopic (exact) mass is 366 g/mol. The maximum Gasteiger partial charge on any atom is 0.243 e. The first-order valence-corrected chi connectivity index (χ1v) is 10.0. The SMILES string of the molecule is C=CCN1C(=O)CCCC12CCCN(S(=O)(=O)c1cccc(F)c1)C2. The standard InChI is InChI=1S/C18H23FN2O3S/c1-2-11-21-17(22)8-4-9-18(21)10-5-12-20(14-18)25(23,24)16-7-3-6-15(19)13-16/h2-3,6-7,13H,1,4-5,8-12,14H2. The van der Waals surface area contributed by atoms with Crippen molar-refractivity contribution in [1.29, 1.82) is 0 Å². The number of amides is 1. The molecule has 0 saturated carbocycles. The van der Waals surface area contributed by atoms with E-state index in [0.29, 0.717) is 25.9 Å². The van der Waals surface area contributed by atoms with Crippen molar-refractivity contribution in [3.05, 3.63) is 42.7 Å². The van der Waals surface area contributed by atoms with E-state index in [1.54, 1.807) is 11.0 Å². The molecular formula is C18H23FN2O3S. The molecule has 136 valence electrons. The third-order valence-electron chi connectivity index (χ3n) is 5.17. The first-order valence-electron chi connectivity index (χ1n) is 8.56. The number of rotatable bonds is 4. The third-order valence-corrected chi connectivity index (χ3v) is 7.01. The minimum atomic E-state index is -3.79. The smallest absolute Gasteiger partial charge is 0.243 e. The highest BCUT2D eigenvalue weighted by atomic mass is 32.2. The lowest BCUT2D eigenvalue weighted by Gasteiger charge is -2.51. The molecule has 0 aromatic heterocycles. The van der Waals surface area contributed by atoms with Crippen molar-refractivity contribution in [2.24, 2.45) is 0 Å². The molecule has 0 N–H and O–H groups in total. The zero-order chi connectivity index (χ0) is 18.1. The number of carbonyl (C=O) groups is 1. The van der Waals surface area contributed by atoms with Crippen LogP contribution < -0.4 is 0 Å². The quantitative estimate of drug-likeness (QED) is 0.770. The first-order chi connectivity index (χ1) is 11.9. The summed E-state index contributed by atoms with van der Waals surface area (Å²) in [6.07, 6.45) is 5.18. The fraction of sp³-hybridized carbons (Fsp3) is 0.500. The highest BCUT2D eigenvalue weighted by molar-refractivity contribution is 7.89. The van der Waals surface area contributed by atoms with Crippen LogP contribution in [0.15, 0.2) is 41.8 Å². The van der Waals surface area contributed by atoms with Crippen molar-refractivity contribution < 1.29 is 17.6 Å². The van der Waals surface area contributed by atoms with Gasteiger partial charge in [0.25, 0.3) is 0 Å². The van der Waals surface area contributed by atoms with E-state index in [4.69, 9.17) is 0 Å². The molecule has 1 amide bonds. The predicted octanol–water partition coefficient (Wildman–Crippen LogP) is 2.55. The summed E-state index contributed by atoms with van der Waals surface area (Å²) in [4.78, 5) is 14.1. The average Bonchev–Trinajstić information content (AvgIpc) is 2.59. The van der Waals surface area contributed by atoms with E-state index in [0.717, 1.165) is 25.3 Å². The molecule has 3 rings (SSSR count). The van der Waals surface area contributed by atoms with Gasteiger partial charge in [0, 0.05) is 26.1 Å². The van der Waals surface area contributed by atoms with E-state index >= 15 is 0 Å². The second-order valence-corrected chi connectivity index (χ2v) is 8.71. The van der Waals surface area contributed by atoms with Crippen molar-refractivity contribution in [2.75, 3.05) is 19.6 Å². The van der Waals surface area contributed by atoms with Crippen molar-refractivity contribution in [2.45, 2.75) is 42.5 Å². The molecule has 1 atom stereocenters. The lowest BCUT2D eigenvalue weighted by Crippen LogP contribution is -2.63. The first kappa shape index (κ1) is 18.1. The van der Waals surface area contributed by atoms with Crippen LogP contribution in [0.5, 0.6) is 0 Å². The van der Waals surface area contributed by atoms with Crippen molar-refractivity contribution in [3.63, 3.8) is 0 Å². The molecule has 1 spiro atoms. The lowest BCUT2D eigenvalue weighted by molar-refractivity contribution is -0.143. The van der Waals surface area contributed by atoms with Gasteiger partial charge < -0.3 is 4.90 Å². The van der Waals surface area contributed by atoms with E-state index in [2.05, 4.69) is 6.58 Å².